The van der Waals surface area contributed by atoms with Gasteiger partial charge >= 0.3 is 0 Å². The van der Waals surface area contributed by atoms with Gasteiger partial charge in [0.05, 0.1) is 6.61 Å². The van der Waals surface area contributed by atoms with Crippen LogP contribution in [0.5, 0.6) is 0 Å². The Bertz CT molecular complexity index is 409. The van der Waals surface area contributed by atoms with Crippen molar-refractivity contribution in [2.24, 2.45) is 4.99 Å². The lowest BCUT2D eigenvalue weighted by Gasteiger charge is -2.12. The van der Waals surface area contributed by atoms with E-state index in [1.54, 1.807) is 14.2 Å². The number of guanidine groups is 1. The van der Waals surface area contributed by atoms with Gasteiger partial charge in [-0.15, -0.1) is 24.0 Å². The first-order valence-corrected chi connectivity index (χ1v) is 7.56. The minimum absolute atomic E-state index is 0. The van der Waals surface area contributed by atoms with Gasteiger partial charge in [-0.3, -0.25) is 4.99 Å². The lowest BCUT2D eigenvalue weighted by atomic mass is 10.2. The Labute approximate surface area is 151 Å². The molecule has 5 nitrogen and oxygen atoms in total. The normalized spacial score (nSPS) is 10.8. The zero-order valence-corrected chi connectivity index (χ0v) is 16.1. The lowest BCUT2D eigenvalue weighted by molar-refractivity contribution is 0.211. The topological polar surface area (TPSA) is 57.7 Å². The standard InChI is InChI=1S/C16H28N4O.HI/c1-4-5-10-19-16(17-2)20-13-14-6-8-15(9-7-14)18-11-12-21-3;/h6-9,18H,4-5,10-13H2,1-3H3,(H2,17,19,20);1H. The lowest BCUT2D eigenvalue weighted by Crippen LogP contribution is -2.37. The Morgan fingerprint density at radius 2 is 1.86 bits per heavy atom. The number of benzene rings is 1. The van der Waals surface area contributed by atoms with Gasteiger partial charge in [0.15, 0.2) is 5.96 Å². The van der Waals surface area contributed by atoms with Crippen LogP contribution in [0.15, 0.2) is 29.3 Å². The molecule has 0 radical (unpaired) electrons. The van der Waals surface area contributed by atoms with E-state index in [0.717, 1.165) is 37.7 Å². The number of rotatable bonds is 9. The van der Waals surface area contributed by atoms with Crippen molar-refractivity contribution in [1.29, 1.82) is 0 Å². The van der Waals surface area contributed by atoms with Crippen molar-refractivity contribution in [2.75, 3.05) is 39.2 Å². The van der Waals surface area contributed by atoms with Crippen LogP contribution in [0.25, 0.3) is 0 Å². The largest absolute Gasteiger partial charge is 0.383 e. The van der Waals surface area contributed by atoms with Crippen LogP contribution in [0.1, 0.15) is 25.3 Å². The summed E-state index contributed by atoms with van der Waals surface area (Å²) >= 11 is 0. The van der Waals surface area contributed by atoms with E-state index in [9.17, 15) is 0 Å². The minimum atomic E-state index is 0. The van der Waals surface area contributed by atoms with Gasteiger partial charge in [0.25, 0.3) is 0 Å². The molecule has 0 atom stereocenters. The highest BCUT2D eigenvalue weighted by Crippen LogP contribution is 2.08. The minimum Gasteiger partial charge on any atom is -0.383 e. The van der Waals surface area contributed by atoms with Gasteiger partial charge in [0.2, 0.25) is 0 Å². The van der Waals surface area contributed by atoms with E-state index in [4.69, 9.17) is 4.74 Å². The van der Waals surface area contributed by atoms with Crippen molar-refractivity contribution in [3.05, 3.63) is 29.8 Å². The smallest absolute Gasteiger partial charge is 0.191 e. The predicted molar refractivity (Wildman–Crippen MR) is 105 cm³/mol. The number of aliphatic imine (C=N–C) groups is 1. The number of hydrogen-bond donors (Lipinski definition) is 3. The molecule has 0 saturated carbocycles. The highest BCUT2D eigenvalue weighted by molar-refractivity contribution is 14.0. The van der Waals surface area contributed by atoms with Crippen LogP contribution in [0.2, 0.25) is 0 Å². The molecule has 0 aliphatic heterocycles. The molecular weight excluding hydrogens is 391 g/mol. The molecule has 0 aliphatic carbocycles. The average Bonchev–Trinajstić information content (AvgIpc) is 2.52. The summed E-state index contributed by atoms with van der Waals surface area (Å²) in [6.07, 6.45) is 2.34. The van der Waals surface area contributed by atoms with Crippen molar-refractivity contribution in [1.82, 2.24) is 10.6 Å². The summed E-state index contributed by atoms with van der Waals surface area (Å²) in [5, 5.41) is 9.92. The monoisotopic (exact) mass is 420 g/mol. The molecule has 0 saturated heterocycles. The Morgan fingerprint density at radius 1 is 1.14 bits per heavy atom. The number of unbranched alkanes of at least 4 members (excludes halogenated alkanes) is 1. The molecule has 1 aromatic rings. The summed E-state index contributed by atoms with van der Waals surface area (Å²) in [7, 11) is 3.50. The molecule has 0 unspecified atom stereocenters. The van der Waals surface area contributed by atoms with Gasteiger partial charge < -0.3 is 20.7 Å². The maximum atomic E-state index is 5.01. The fourth-order valence-electron chi connectivity index (χ4n) is 1.83. The second-order valence-corrected chi connectivity index (χ2v) is 4.82. The third kappa shape index (κ3) is 9.09. The van der Waals surface area contributed by atoms with E-state index in [-0.39, 0.29) is 24.0 Å². The van der Waals surface area contributed by atoms with Gasteiger partial charge in [-0.1, -0.05) is 25.5 Å². The highest BCUT2D eigenvalue weighted by atomic mass is 127. The second kappa shape index (κ2) is 13.6. The maximum absolute atomic E-state index is 5.01. The summed E-state index contributed by atoms with van der Waals surface area (Å²) < 4.78 is 5.01. The van der Waals surface area contributed by atoms with E-state index in [1.165, 1.54) is 12.0 Å². The van der Waals surface area contributed by atoms with Crippen molar-refractivity contribution in [3.63, 3.8) is 0 Å². The van der Waals surface area contributed by atoms with Gasteiger partial charge in [0.1, 0.15) is 0 Å². The SMILES string of the molecule is CCCCNC(=NC)NCc1ccc(NCCOC)cc1.I. The van der Waals surface area contributed by atoms with Crippen LogP contribution in [0.3, 0.4) is 0 Å². The van der Waals surface area contributed by atoms with Crippen molar-refractivity contribution in [3.8, 4) is 0 Å². The van der Waals surface area contributed by atoms with E-state index >= 15 is 0 Å². The molecule has 3 N–H and O–H groups in total. The van der Waals surface area contributed by atoms with Gasteiger partial charge in [-0.05, 0) is 24.1 Å². The van der Waals surface area contributed by atoms with E-state index in [2.05, 4.69) is 52.1 Å². The van der Waals surface area contributed by atoms with Crippen LogP contribution in [-0.4, -0.2) is 39.8 Å². The molecular formula is C16H29IN4O. The molecule has 1 aromatic carbocycles. The number of anilines is 1. The van der Waals surface area contributed by atoms with Crippen LogP contribution in [0, 0.1) is 0 Å². The second-order valence-electron chi connectivity index (χ2n) is 4.82. The molecule has 0 aromatic heterocycles. The van der Waals surface area contributed by atoms with Crippen molar-refractivity contribution in [2.45, 2.75) is 26.3 Å². The number of nitrogens with zero attached hydrogens (tertiary/aromatic N) is 1. The Balaban J connectivity index is 0.00000441. The Morgan fingerprint density at radius 3 is 2.45 bits per heavy atom. The summed E-state index contributed by atoms with van der Waals surface area (Å²) in [5.74, 6) is 0.853. The van der Waals surface area contributed by atoms with Crippen LogP contribution in [0.4, 0.5) is 5.69 Å². The molecule has 22 heavy (non-hydrogen) atoms. The first-order valence-electron chi connectivity index (χ1n) is 7.56. The number of nitrogens with one attached hydrogen (secondary N) is 3. The summed E-state index contributed by atoms with van der Waals surface area (Å²) in [6.45, 7) is 5.44. The zero-order valence-electron chi connectivity index (χ0n) is 13.8. The number of ether oxygens (including phenoxy) is 1. The van der Waals surface area contributed by atoms with E-state index in [1.807, 2.05) is 0 Å². The van der Waals surface area contributed by atoms with E-state index in [0.29, 0.717) is 6.61 Å². The first-order chi connectivity index (χ1) is 10.3. The predicted octanol–water partition coefficient (Wildman–Crippen LogP) is 2.83. The number of hydrogen-bond acceptors (Lipinski definition) is 3. The zero-order chi connectivity index (χ0) is 15.3. The molecule has 1 rings (SSSR count). The third-order valence-electron chi connectivity index (χ3n) is 3.10. The van der Waals surface area contributed by atoms with Crippen LogP contribution >= 0.6 is 24.0 Å². The molecule has 126 valence electrons. The van der Waals surface area contributed by atoms with Gasteiger partial charge in [-0.2, -0.15) is 0 Å². The number of halogens is 1. The van der Waals surface area contributed by atoms with Gasteiger partial charge in [-0.25, -0.2) is 0 Å². The molecule has 0 amide bonds. The molecule has 0 fully saturated rings. The maximum Gasteiger partial charge on any atom is 0.191 e. The molecule has 0 spiro atoms. The number of methoxy groups -OCH3 is 1. The first kappa shape index (κ1) is 21.0. The fourth-order valence-corrected chi connectivity index (χ4v) is 1.83. The summed E-state index contributed by atoms with van der Waals surface area (Å²) in [4.78, 5) is 4.21. The summed E-state index contributed by atoms with van der Waals surface area (Å²) in [6, 6.07) is 8.39. The quantitative estimate of drug-likeness (QED) is 0.249. The molecule has 0 heterocycles. The molecule has 0 aliphatic rings. The molecule has 6 heteroatoms. The fraction of sp³-hybridized carbons (Fsp3) is 0.562. The van der Waals surface area contributed by atoms with Crippen LogP contribution in [-0.2, 0) is 11.3 Å². The third-order valence-corrected chi connectivity index (χ3v) is 3.10. The highest BCUT2D eigenvalue weighted by Gasteiger charge is 1.98. The Kier molecular flexibility index (Phi) is 13.0. The molecule has 0 bridgehead atoms. The summed E-state index contributed by atoms with van der Waals surface area (Å²) in [5.41, 5.74) is 2.34. The van der Waals surface area contributed by atoms with Gasteiger partial charge in [0, 0.05) is 39.5 Å². The average molecular weight is 420 g/mol. The van der Waals surface area contributed by atoms with Crippen molar-refractivity contribution >= 4 is 35.6 Å². The van der Waals surface area contributed by atoms with Crippen molar-refractivity contribution < 1.29 is 4.74 Å². The van der Waals surface area contributed by atoms with Crippen LogP contribution < -0.4 is 16.0 Å². The van der Waals surface area contributed by atoms with E-state index < -0.39 is 0 Å². The Hall–Kier alpha value is -1.02.